The molecule has 2 heterocycles. The number of anilines is 1. The van der Waals surface area contributed by atoms with Crippen molar-refractivity contribution >= 4 is 23.1 Å². The highest BCUT2D eigenvalue weighted by atomic mass is 32.1. The van der Waals surface area contributed by atoms with Crippen molar-refractivity contribution in [3.8, 4) is 0 Å². The number of hydrogen-bond donors (Lipinski definition) is 2. The summed E-state index contributed by atoms with van der Waals surface area (Å²) in [4.78, 5) is 22.1. The molecule has 2 N–H and O–H groups in total. The summed E-state index contributed by atoms with van der Waals surface area (Å²) >= 11 is 1.62. The molecule has 1 saturated carbocycles. The van der Waals surface area contributed by atoms with Gasteiger partial charge in [-0.3, -0.25) is 4.79 Å². The van der Waals surface area contributed by atoms with E-state index in [1.165, 1.54) is 12.8 Å². The number of carbonyl (C=O) groups excluding carboxylic acids is 1. The van der Waals surface area contributed by atoms with E-state index >= 15 is 0 Å². The Morgan fingerprint density at radius 3 is 2.68 bits per heavy atom. The van der Waals surface area contributed by atoms with E-state index in [9.17, 15) is 4.79 Å². The second-order valence-corrected chi connectivity index (χ2v) is 6.96. The van der Waals surface area contributed by atoms with Crippen molar-refractivity contribution in [2.24, 2.45) is 0 Å². The molecule has 0 aliphatic heterocycles. The van der Waals surface area contributed by atoms with Crippen LogP contribution < -0.4 is 10.6 Å². The number of pyridine rings is 1. The molecule has 2 aromatic rings. The van der Waals surface area contributed by atoms with E-state index in [1.807, 2.05) is 32.9 Å². The van der Waals surface area contributed by atoms with Crippen molar-refractivity contribution in [2.45, 2.75) is 45.7 Å². The molecule has 0 aromatic carbocycles. The number of aryl methyl sites for hydroxylation is 2. The van der Waals surface area contributed by atoms with Gasteiger partial charge >= 0.3 is 0 Å². The topological polar surface area (TPSA) is 66.9 Å². The lowest BCUT2D eigenvalue weighted by Gasteiger charge is -2.13. The second kappa shape index (κ2) is 6.04. The molecule has 5 nitrogen and oxygen atoms in total. The molecular weight excluding hydrogens is 296 g/mol. The molecule has 1 atom stereocenters. The molecule has 0 radical (unpaired) electrons. The predicted molar refractivity (Wildman–Crippen MR) is 88.4 cm³/mol. The van der Waals surface area contributed by atoms with Gasteiger partial charge in [0.1, 0.15) is 5.82 Å². The molecule has 3 rings (SSSR count). The first-order valence-electron chi connectivity index (χ1n) is 7.50. The van der Waals surface area contributed by atoms with E-state index in [1.54, 1.807) is 17.5 Å². The first-order chi connectivity index (χ1) is 10.5. The summed E-state index contributed by atoms with van der Waals surface area (Å²) in [5.41, 5.74) is 1.56. The van der Waals surface area contributed by atoms with E-state index < -0.39 is 0 Å². The summed E-state index contributed by atoms with van der Waals surface area (Å²) in [6, 6.07) is 4.18. The van der Waals surface area contributed by atoms with E-state index in [0.717, 1.165) is 21.4 Å². The Morgan fingerprint density at radius 2 is 2.14 bits per heavy atom. The number of thiazole rings is 1. The van der Waals surface area contributed by atoms with Crippen LogP contribution in [0.15, 0.2) is 18.3 Å². The lowest BCUT2D eigenvalue weighted by Crippen LogP contribution is -2.26. The minimum absolute atomic E-state index is 0.0528. The molecule has 1 aliphatic rings. The van der Waals surface area contributed by atoms with Crippen LogP contribution in [0.1, 0.15) is 51.7 Å². The van der Waals surface area contributed by atoms with Crippen LogP contribution in [0.25, 0.3) is 0 Å². The Kier molecular flexibility index (Phi) is 4.11. The molecule has 6 heteroatoms. The van der Waals surface area contributed by atoms with Gasteiger partial charge in [-0.05, 0) is 45.7 Å². The summed E-state index contributed by atoms with van der Waals surface area (Å²) in [6.07, 6.45) is 4.03. The van der Waals surface area contributed by atoms with Crippen molar-refractivity contribution in [1.29, 1.82) is 0 Å². The Bertz CT molecular complexity index is 676. The average molecular weight is 316 g/mol. The van der Waals surface area contributed by atoms with Gasteiger partial charge in [-0.2, -0.15) is 0 Å². The molecule has 22 heavy (non-hydrogen) atoms. The van der Waals surface area contributed by atoms with E-state index in [-0.39, 0.29) is 11.9 Å². The molecular formula is C16H20N4OS. The maximum atomic E-state index is 12.3. The number of carbonyl (C=O) groups is 1. The van der Waals surface area contributed by atoms with Crippen molar-refractivity contribution < 1.29 is 4.79 Å². The molecule has 0 saturated heterocycles. The van der Waals surface area contributed by atoms with Crippen molar-refractivity contribution in [1.82, 2.24) is 15.3 Å². The average Bonchev–Trinajstić information content (AvgIpc) is 3.22. The lowest BCUT2D eigenvalue weighted by atomic mass is 10.2. The van der Waals surface area contributed by atoms with Crippen LogP contribution in [0.4, 0.5) is 5.82 Å². The highest BCUT2D eigenvalue weighted by Crippen LogP contribution is 2.25. The quantitative estimate of drug-likeness (QED) is 0.889. The van der Waals surface area contributed by atoms with Crippen LogP contribution >= 0.6 is 11.3 Å². The van der Waals surface area contributed by atoms with Crippen molar-refractivity contribution in [3.05, 3.63) is 39.5 Å². The number of nitrogens with zero attached hydrogens (tertiary/aromatic N) is 2. The van der Waals surface area contributed by atoms with Gasteiger partial charge in [0.2, 0.25) is 0 Å². The van der Waals surface area contributed by atoms with E-state index in [4.69, 9.17) is 0 Å². The van der Waals surface area contributed by atoms with Crippen LogP contribution in [0, 0.1) is 13.8 Å². The Balaban J connectivity index is 1.64. The minimum Gasteiger partial charge on any atom is -0.367 e. The molecule has 0 bridgehead atoms. The third-order valence-corrected chi connectivity index (χ3v) is 4.89. The highest BCUT2D eigenvalue weighted by molar-refractivity contribution is 7.11. The monoisotopic (exact) mass is 316 g/mol. The summed E-state index contributed by atoms with van der Waals surface area (Å²) < 4.78 is 0. The maximum Gasteiger partial charge on any atom is 0.253 e. The van der Waals surface area contributed by atoms with Gasteiger partial charge in [0.05, 0.1) is 22.3 Å². The van der Waals surface area contributed by atoms with Gasteiger partial charge in [-0.25, -0.2) is 9.97 Å². The zero-order valence-corrected chi connectivity index (χ0v) is 13.8. The largest absolute Gasteiger partial charge is 0.367 e. The second-order valence-electron chi connectivity index (χ2n) is 5.73. The highest BCUT2D eigenvalue weighted by Gasteiger charge is 2.21. The minimum atomic E-state index is -0.108. The summed E-state index contributed by atoms with van der Waals surface area (Å²) in [5.74, 6) is 0.726. The standard InChI is InChI=1S/C16H20N4OS/c1-9-15(22-11(3)18-9)10(2)19-16(21)12-4-7-14(17-8-12)20-13-5-6-13/h4,7-8,10,13H,5-6H2,1-3H3,(H,17,20)(H,19,21). The molecule has 1 fully saturated rings. The number of hydrogen-bond acceptors (Lipinski definition) is 5. The third-order valence-electron chi connectivity index (χ3n) is 3.64. The van der Waals surface area contributed by atoms with Crippen LogP contribution in [-0.2, 0) is 0 Å². The maximum absolute atomic E-state index is 12.3. The Hall–Kier alpha value is -1.95. The Labute approximate surface area is 134 Å². The van der Waals surface area contributed by atoms with Crippen LogP contribution in [0.5, 0.6) is 0 Å². The molecule has 1 aliphatic carbocycles. The lowest BCUT2D eigenvalue weighted by molar-refractivity contribution is 0.0940. The smallest absolute Gasteiger partial charge is 0.253 e. The van der Waals surface area contributed by atoms with Crippen molar-refractivity contribution in [3.63, 3.8) is 0 Å². The molecule has 116 valence electrons. The van der Waals surface area contributed by atoms with E-state index in [2.05, 4.69) is 20.6 Å². The number of rotatable bonds is 5. The van der Waals surface area contributed by atoms with E-state index in [0.29, 0.717) is 11.6 Å². The summed E-state index contributed by atoms with van der Waals surface area (Å²) in [6.45, 7) is 5.93. The molecule has 0 spiro atoms. The molecule has 2 aromatic heterocycles. The third kappa shape index (κ3) is 3.44. The number of amides is 1. The fraction of sp³-hybridized carbons (Fsp3) is 0.438. The van der Waals surface area contributed by atoms with Crippen LogP contribution in [0.3, 0.4) is 0 Å². The summed E-state index contributed by atoms with van der Waals surface area (Å²) in [7, 11) is 0. The number of nitrogens with one attached hydrogen (secondary N) is 2. The zero-order valence-electron chi connectivity index (χ0n) is 13.0. The molecule has 1 amide bonds. The predicted octanol–water partition coefficient (Wildman–Crippen LogP) is 3.22. The first-order valence-corrected chi connectivity index (χ1v) is 8.32. The van der Waals surface area contributed by atoms with Crippen molar-refractivity contribution in [2.75, 3.05) is 5.32 Å². The molecule has 1 unspecified atom stereocenters. The fourth-order valence-corrected chi connectivity index (χ4v) is 3.27. The number of aromatic nitrogens is 2. The van der Waals surface area contributed by atoms with Gasteiger partial charge < -0.3 is 10.6 Å². The zero-order chi connectivity index (χ0) is 15.7. The van der Waals surface area contributed by atoms with Gasteiger partial charge in [0.15, 0.2) is 0 Å². The first kappa shape index (κ1) is 15.0. The van der Waals surface area contributed by atoms with Crippen LogP contribution in [0.2, 0.25) is 0 Å². The van der Waals surface area contributed by atoms with Gasteiger partial charge in [-0.15, -0.1) is 11.3 Å². The van der Waals surface area contributed by atoms with Gasteiger partial charge in [-0.1, -0.05) is 0 Å². The fourth-order valence-electron chi connectivity index (χ4n) is 2.34. The normalized spacial score (nSPS) is 15.4. The Morgan fingerprint density at radius 1 is 1.36 bits per heavy atom. The SMILES string of the molecule is Cc1nc(C)c(C(C)NC(=O)c2ccc(NC3CC3)nc2)s1. The van der Waals surface area contributed by atoms with Gasteiger partial charge in [0.25, 0.3) is 5.91 Å². The summed E-state index contributed by atoms with van der Waals surface area (Å²) in [5, 5.41) is 7.34. The van der Waals surface area contributed by atoms with Crippen LogP contribution in [-0.4, -0.2) is 21.9 Å². The van der Waals surface area contributed by atoms with Gasteiger partial charge in [0, 0.05) is 17.1 Å².